The van der Waals surface area contributed by atoms with Crippen LogP contribution in [0.4, 0.5) is 0 Å². The van der Waals surface area contributed by atoms with Crippen LogP contribution in [0.5, 0.6) is 5.88 Å². The normalized spacial score (nSPS) is 10.8. The molecule has 0 saturated carbocycles. The van der Waals surface area contributed by atoms with E-state index in [0.29, 0.717) is 29.3 Å². The number of hydrogen-bond donors (Lipinski definition) is 0. The van der Waals surface area contributed by atoms with Crippen molar-refractivity contribution >= 4 is 33.9 Å². The zero-order valence-electron chi connectivity index (χ0n) is 10.00. The van der Waals surface area contributed by atoms with Gasteiger partial charge in [0.25, 0.3) is 0 Å². The number of aromatic nitrogens is 4. The van der Waals surface area contributed by atoms with Gasteiger partial charge in [0.15, 0.2) is 0 Å². The second-order valence-electron chi connectivity index (χ2n) is 3.89. The standard InChI is InChI=1S/C12H9IN4O2/c1-18-12-9(6-7-2-4-8(13)5-3-7)14-10-11(15-12)17-19-16-10/h2-5H,6H2,1H3. The summed E-state index contributed by atoms with van der Waals surface area (Å²) in [6, 6.07) is 8.19. The lowest BCUT2D eigenvalue weighted by Crippen LogP contribution is -2.01. The molecule has 0 fully saturated rings. The van der Waals surface area contributed by atoms with Gasteiger partial charge < -0.3 is 4.74 Å². The molecule has 0 bridgehead atoms. The Morgan fingerprint density at radius 2 is 1.79 bits per heavy atom. The first-order valence-corrected chi connectivity index (χ1v) is 6.62. The van der Waals surface area contributed by atoms with Crippen molar-refractivity contribution in [1.82, 2.24) is 20.3 Å². The Bertz CT molecular complexity index is 711. The van der Waals surface area contributed by atoms with Crippen molar-refractivity contribution in [1.29, 1.82) is 0 Å². The lowest BCUT2D eigenvalue weighted by Gasteiger charge is -2.05. The summed E-state index contributed by atoms with van der Waals surface area (Å²) in [6.45, 7) is 0. The highest BCUT2D eigenvalue weighted by atomic mass is 127. The molecule has 0 atom stereocenters. The molecule has 0 aliphatic heterocycles. The molecule has 0 saturated heterocycles. The molecule has 3 aromatic rings. The van der Waals surface area contributed by atoms with Gasteiger partial charge in [-0.05, 0) is 50.6 Å². The van der Waals surface area contributed by atoms with Gasteiger partial charge in [0.1, 0.15) is 5.69 Å². The lowest BCUT2D eigenvalue weighted by atomic mass is 10.1. The molecule has 6 nitrogen and oxygen atoms in total. The molecule has 7 heteroatoms. The lowest BCUT2D eigenvalue weighted by molar-refractivity contribution is 0.313. The molecule has 19 heavy (non-hydrogen) atoms. The van der Waals surface area contributed by atoms with E-state index in [0.717, 1.165) is 5.56 Å². The van der Waals surface area contributed by atoms with E-state index in [1.165, 1.54) is 3.57 Å². The summed E-state index contributed by atoms with van der Waals surface area (Å²) in [6.07, 6.45) is 0.621. The van der Waals surface area contributed by atoms with E-state index >= 15 is 0 Å². The smallest absolute Gasteiger partial charge is 0.246 e. The van der Waals surface area contributed by atoms with Gasteiger partial charge in [-0.2, -0.15) is 4.98 Å². The molecule has 0 aliphatic carbocycles. The van der Waals surface area contributed by atoms with Crippen LogP contribution >= 0.6 is 22.6 Å². The average Bonchev–Trinajstić information content (AvgIpc) is 2.87. The van der Waals surface area contributed by atoms with Crippen molar-refractivity contribution in [2.24, 2.45) is 0 Å². The maximum atomic E-state index is 5.23. The number of halogens is 1. The zero-order chi connectivity index (χ0) is 13.2. The summed E-state index contributed by atoms with van der Waals surface area (Å²) in [5, 5.41) is 7.34. The molecule has 0 radical (unpaired) electrons. The molecule has 0 unspecified atom stereocenters. The van der Waals surface area contributed by atoms with Crippen LogP contribution in [0.3, 0.4) is 0 Å². The van der Waals surface area contributed by atoms with Crippen LogP contribution in [0.25, 0.3) is 11.3 Å². The van der Waals surface area contributed by atoms with E-state index < -0.39 is 0 Å². The molecule has 96 valence electrons. The third-order valence-corrected chi connectivity index (χ3v) is 3.35. The van der Waals surface area contributed by atoms with Crippen LogP contribution in [-0.2, 0) is 6.42 Å². The van der Waals surface area contributed by atoms with Gasteiger partial charge >= 0.3 is 0 Å². The van der Waals surface area contributed by atoms with Crippen molar-refractivity contribution in [3.8, 4) is 5.88 Å². The highest BCUT2D eigenvalue weighted by Gasteiger charge is 2.13. The van der Waals surface area contributed by atoms with Gasteiger partial charge in [0.05, 0.1) is 7.11 Å². The molecule has 2 aromatic heterocycles. The van der Waals surface area contributed by atoms with Gasteiger partial charge in [-0.3, -0.25) is 0 Å². The largest absolute Gasteiger partial charge is 0.480 e. The fourth-order valence-corrected chi connectivity index (χ4v) is 2.09. The third-order valence-electron chi connectivity index (χ3n) is 2.63. The van der Waals surface area contributed by atoms with Crippen molar-refractivity contribution in [2.45, 2.75) is 6.42 Å². The van der Waals surface area contributed by atoms with Crippen LogP contribution in [0.1, 0.15) is 11.3 Å². The quantitative estimate of drug-likeness (QED) is 0.660. The van der Waals surface area contributed by atoms with Crippen LogP contribution in [0, 0.1) is 3.57 Å². The minimum atomic E-state index is 0.350. The zero-order valence-corrected chi connectivity index (χ0v) is 12.2. The number of ether oxygens (including phenoxy) is 1. The van der Waals surface area contributed by atoms with Crippen molar-refractivity contribution in [3.05, 3.63) is 39.1 Å². The Labute approximate surface area is 122 Å². The topological polar surface area (TPSA) is 73.9 Å². The predicted octanol–water partition coefficient (Wildman–Crippen LogP) is 2.22. The number of nitrogens with zero attached hydrogens (tertiary/aromatic N) is 4. The Hall–Kier alpha value is -1.77. The number of methoxy groups -OCH3 is 1. The fraction of sp³-hybridized carbons (Fsp3) is 0.167. The monoisotopic (exact) mass is 368 g/mol. The molecule has 0 spiro atoms. The van der Waals surface area contributed by atoms with E-state index in [1.807, 2.05) is 24.3 Å². The second kappa shape index (κ2) is 5.08. The minimum Gasteiger partial charge on any atom is -0.480 e. The maximum absolute atomic E-state index is 5.23. The number of hydrogen-bond acceptors (Lipinski definition) is 6. The Morgan fingerprint density at radius 3 is 2.47 bits per heavy atom. The molecule has 2 heterocycles. The third kappa shape index (κ3) is 2.50. The summed E-state index contributed by atoms with van der Waals surface area (Å²) >= 11 is 2.27. The molecule has 1 aromatic carbocycles. The van der Waals surface area contributed by atoms with Gasteiger partial charge in [-0.1, -0.05) is 12.1 Å². The first kappa shape index (κ1) is 12.3. The summed E-state index contributed by atoms with van der Waals surface area (Å²) in [7, 11) is 1.56. The first-order chi connectivity index (χ1) is 9.26. The van der Waals surface area contributed by atoms with Gasteiger partial charge in [-0.15, -0.1) is 0 Å². The first-order valence-electron chi connectivity index (χ1n) is 5.54. The van der Waals surface area contributed by atoms with Crippen LogP contribution < -0.4 is 4.74 Å². The number of fused-ring (bicyclic) bond motifs is 1. The highest BCUT2D eigenvalue weighted by molar-refractivity contribution is 14.1. The molecular weight excluding hydrogens is 359 g/mol. The van der Waals surface area contributed by atoms with Crippen molar-refractivity contribution in [3.63, 3.8) is 0 Å². The molecule has 0 N–H and O–H groups in total. The van der Waals surface area contributed by atoms with E-state index in [2.05, 4.69) is 47.5 Å². The van der Waals surface area contributed by atoms with Gasteiger partial charge in [0.2, 0.25) is 17.2 Å². The number of benzene rings is 1. The van der Waals surface area contributed by atoms with Crippen LogP contribution in [-0.4, -0.2) is 27.4 Å². The van der Waals surface area contributed by atoms with Crippen molar-refractivity contribution in [2.75, 3.05) is 7.11 Å². The summed E-state index contributed by atoms with van der Waals surface area (Å²) in [4.78, 5) is 8.58. The van der Waals surface area contributed by atoms with E-state index in [-0.39, 0.29) is 0 Å². The van der Waals surface area contributed by atoms with Crippen LogP contribution in [0.15, 0.2) is 28.9 Å². The fourth-order valence-electron chi connectivity index (χ4n) is 1.73. The Kier molecular flexibility index (Phi) is 3.28. The van der Waals surface area contributed by atoms with E-state index in [4.69, 9.17) is 4.74 Å². The highest BCUT2D eigenvalue weighted by Crippen LogP contribution is 2.20. The van der Waals surface area contributed by atoms with E-state index in [1.54, 1.807) is 7.11 Å². The van der Waals surface area contributed by atoms with Gasteiger partial charge in [0, 0.05) is 9.99 Å². The average molecular weight is 368 g/mol. The summed E-state index contributed by atoms with van der Waals surface area (Å²) in [5.41, 5.74) is 2.58. The SMILES string of the molecule is COc1nc2nonc2nc1Cc1ccc(I)cc1. The summed E-state index contributed by atoms with van der Waals surface area (Å²) in [5.74, 6) is 0.446. The maximum Gasteiger partial charge on any atom is 0.246 e. The summed E-state index contributed by atoms with van der Waals surface area (Å²) < 4.78 is 11.0. The Morgan fingerprint density at radius 1 is 1.11 bits per heavy atom. The Balaban J connectivity index is 2.00. The van der Waals surface area contributed by atoms with Gasteiger partial charge in [-0.25, -0.2) is 9.61 Å². The minimum absolute atomic E-state index is 0.350. The van der Waals surface area contributed by atoms with E-state index in [9.17, 15) is 0 Å². The molecule has 0 aliphatic rings. The van der Waals surface area contributed by atoms with Crippen molar-refractivity contribution < 1.29 is 9.37 Å². The molecular formula is C12H9IN4O2. The second-order valence-corrected chi connectivity index (χ2v) is 5.14. The predicted molar refractivity (Wildman–Crippen MR) is 75.9 cm³/mol. The van der Waals surface area contributed by atoms with Crippen LogP contribution in [0.2, 0.25) is 0 Å². The molecule has 0 amide bonds. The molecule has 3 rings (SSSR count). The number of rotatable bonds is 3.